The normalized spacial score (nSPS) is 14.9. The van der Waals surface area contributed by atoms with Gasteiger partial charge in [0.15, 0.2) is 16.0 Å². The summed E-state index contributed by atoms with van der Waals surface area (Å²) in [5.74, 6) is 1.79. The maximum atomic E-state index is 12.6. The number of ether oxygens (including phenoxy) is 2. The molecule has 1 aliphatic heterocycles. The number of aromatic nitrogens is 4. The maximum Gasteiger partial charge on any atom is 0.234 e. The smallest absolute Gasteiger partial charge is 0.234 e. The fourth-order valence-corrected chi connectivity index (χ4v) is 6.77. The van der Waals surface area contributed by atoms with Crippen LogP contribution in [-0.4, -0.2) is 49.7 Å². The fraction of sp³-hybridized carbons (Fsp3) is 0.417. The van der Waals surface area contributed by atoms with Gasteiger partial charge in [0.2, 0.25) is 5.91 Å². The molecule has 0 radical (unpaired) electrons. The highest BCUT2D eigenvalue weighted by atomic mass is 32.2. The largest absolute Gasteiger partial charge is 0.497 e. The average molecular weight is 530 g/mol. The number of carbonyl (C=O) groups is 1. The molecule has 3 aromatic heterocycles. The minimum absolute atomic E-state index is 0.111. The standard InChI is InChI=1S/C24H27N5O3S3/c1-5-10-33-22-26-21-19(16-11-24(2,3)32-12-17(16)35-21)20-27-28-23(29(20)22)34-13-18(30)25-14-6-8-15(31-4)9-7-14/h6-9H,5,10-13H2,1-4H3,(H,25,30). The Labute approximate surface area is 216 Å². The number of nitrogens with one attached hydrogen (secondary N) is 1. The molecule has 0 spiro atoms. The summed E-state index contributed by atoms with van der Waals surface area (Å²) in [5, 5.41) is 14.6. The van der Waals surface area contributed by atoms with Gasteiger partial charge < -0.3 is 14.8 Å². The molecule has 11 heteroatoms. The number of amides is 1. The van der Waals surface area contributed by atoms with Crippen molar-refractivity contribution in [3.05, 3.63) is 34.7 Å². The topological polar surface area (TPSA) is 90.6 Å². The van der Waals surface area contributed by atoms with Crippen molar-refractivity contribution in [3.63, 3.8) is 0 Å². The number of rotatable bonds is 8. The molecule has 1 N–H and O–H groups in total. The van der Waals surface area contributed by atoms with Crippen molar-refractivity contribution in [2.45, 2.75) is 56.1 Å². The predicted octanol–water partition coefficient (Wildman–Crippen LogP) is 5.43. The summed E-state index contributed by atoms with van der Waals surface area (Å²) in [6, 6.07) is 7.27. The van der Waals surface area contributed by atoms with E-state index in [1.165, 1.54) is 22.2 Å². The van der Waals surface area contributed by atoms with Gasteiger partial charge in [-0.05, 0) is 50.1 Å². The molecule has 4 heterocycles. The molecule has 1 aromatic carbocycles. The average Bonchev–Trinajstić information content (AvgIpc) is 3.42. The third-order valence-corrected chi connectivity index (χ3v) is 8.83. The van der Waals surface area contributed by atoms with E-state index >= 15 is 0 Å². The minimum Gasteiger partial charge on any atom is -0.497 e. The number of carbonyl (C=O) groups excluding carboxylic acids is 1. The van der Waals surface area contributed by atoms with Crippen LogP contribution in [0, 0.1) is 0 Å². The third kappa shape index (κ3) is 5.00. The Kier molecular flexibility index (Phi) is 6.93. The van der Waals surface area contributed by atoms with Crippen molar-refractivity contribution in [1.82, 2.24) is 19.6 Å². The van der Waals surface area contributed by atoms with Gasteiger partial charge in [-0.2, -0.15) is 0 Å². The second-order valence-corrected chi connectivity index (χ2v) is 11.9. The molecule has 0 saturated carbocycles. The molecule has 1 aliphatic rings. The van der Waals surface area contributed by atoms with Crippen LogP contribution in [0.25, 0.3) is 15.9 Å². The van der Waals surface area contributed by atoms with E-state index < -0.39 is 0 Å². The van der Waals surface area contributed by atoms with Crippen LogP contribution in [0.1, 0.15) is 37.6 Å². The maximum absolute atomic E-state index is 12.6. The van der Waals surface area contributed by atoms with Crippen LogP contribution >= 0.6 is 34.9 Å². The van der Waals surface area contributed by atoms with E-state index in [2.05, 4.69) is 36.3 Å². The molecule has 5 rings (SSSR count). The molecule has 1 amide bonds. The van der Waals surface area contributed by atoms with E-state index in [1.807, 2.05) is 28.7 Å². The monoisotopic (exact) mass is 529 g/mol. The molecule has 0 bridgehead atoms. The minimum atomic E-state index is -0.231. The van der Waals surface area contributed by atoms with Crippen molar-refractivity contribution in [3.8, 4) is 5.75 Å². The molecular weight excluding hydrogens is 502 g/mol. The molecular formula is C24H27N5O3S3. The van der Waals surface area contributed by atoms with Crippen LogP contribution in [0.15, 0.2) is 34.6 Å². The zero-order chi connectivity index (χ0) is 24.6. The van der Waals surface area contributed by atoms with Crippen molar-refractivity contribution >= 4 is 62.3 Å². The summed E-state index contributed by atoms with van der Waals surface area (Å²) in [7, 11) is 1.61. The molecule has 35 heavy (non-hydrogen) atoms. The Bertz CT molecular complexity index is 1380. The lowest BCUT2D eigenvalue weighted by atomic mass is 9.94. The lowest BCUT2D eigenvalue weighted by molar-refractivity contribution is -0.113. The van der Waals surface area contributed by atoms with Gasteiger partial charge in [-0.25, -0.2) is 9.38 Å². The van der Waals surface area contributed by atoms with Gasteiger partial charge in [0.1, 0.15) is 10.6 Å². The van der Waals surface area contributed by atoms with Crippen LogP contribution in [-0.2, 0) is 22.6 Å². The number of hydrogen-bond acceptors (Lipinski definition) is 9. The molecule has 0 unspecified atom stereocenters. The first-order valence-electron chi connectivity index (χ1n) is 11.4. The van der Waals surface area contributed by atoms with Crippen molar-refractivity contribution in [1.29, 1.82) is 0 Å². The summed E-state index contributed by atoms with van der Waals surface area (Å²) in [4.78, 5) is 19.8. The van der Waals surface area contributed by atoms with Crippen molar-refractivity contribution in [2.75, 3.05) is 23.9 Å². The second-order valence-electron chi connectivity index (χ2n) is 8.86. The summed E-state index contributed by atoms with van der Waals surface area (Å²) in [6.07, 6.45) is 1.84. The molecule has 0 aliphatic carbocycles. The Morgan fingerprint density at radius 1 is 1.23 bits per heavy atom. The first kappa shape index (κ1) is 24.4. The van der Waals surface area contributed by atoms with Gasteiger partial charge in [0.05, 0.1) is 30.5 Å². The van der Waals surface area contributed by atoms with Crippen LogP contribution < -0.4 is 10.1 Å². The van der Waals surface area contributed by atoms with Crippen molar-refractivity contribution in [2.24, 2.45) is 0 Å². The van der Waals surface area contributed by atoms with Crippen LogP contribution in [0.2, 0.25) is 0 Å². The van der Waals surface area contributed by atoms with E-state index in [4.69, 9.17) is 14.5 Å². The number of anilines is 1. The number of nitrogens with zero attached hydrogens (tertiary/aromatic N) is 4. The second kappa shape index (κ2) is 9.96. The van der Waals surface area contributed by atoms with Gasteiger partial charge >= 0.3 is 0 Å². The first-order chi connectivity index (χ1) is 16.9. The molecule has 184 valence electrons. The van der Waals surface area contributed by atoms with Crippen LogP contribution in [0.4, 0.5) is 5.69 Å². The van der Waals surface area contributed by atoms with Crippen LogP contribution in [0.3, 0.4) is 0 Å². The number of fused-ring (bicyclic) bond motifs is 5. The molecule has 8 nitrogen and oxygen atoms in total. The fourth-order valence-electron chi connectivity index (χ4n) is 3.97. The number of thiophene rings is 1. The quantitative estimate of drug-likeness (QED) is 0.239. The highest BCUT2D eigenvalue weighted by molar-refractivity contribution is 8.00. The SMILES string of the molecule is CCCSc1nc2sc3c(c2c2nnc(SCC(=O)Nc4ccc(OC)cc4)n12)CC(C)(C)OC3. The summed E-state index contributed by atoms with van der Waals surface area (Å²) in [5.41, 5.74) is 2.55. The lowest BCUT2D eigenvalue weighted by Crippen LogP contribution is -2.31. The van der Waals surface area contributed by atoms with E-state index in [0.29, 0.717) is 11.8 Å². The van der Waals surface area contributed by atoms with Gasteiger partial charge in [-0.3, -0.25) is 4.79 Å². The lowest BCUT2D eigenvalue weighted by Gasteiger charge is -2.30. The van der Waals surface area contributed by atoms with Gasteiger partial charge in [-0.15, -0.1) is 21.5 Å². The summed E-state index contributed by atoms with van der Waals surface area (Å²) in [6.45, 7) is 6.97. The van der Waals surface area contributed by atoms with Gasteiger partial charge in [0.25, 0.3) is 0 Å². The van der Waals surface area contributed by atoms with Crippen molar-refractivity contribution < 1.29 is 14.3 Å². The summed E-state index contributed by atoms with van der Waals surface area (Å²) < 4.78 is 13.2. The van der Waals surface area contributed by atoms with E-state index in [1.54, 1.807) is 30.2 Å². The molecule has 4 aromatic rings. The Morgan fingerprint density at radius 3 is 2.77 bits per heavy atom. The molecule has 0 fully saturated rings. The zero-order valence-corrected chi connectivity index (χ0v) is 22.5. The van der Waals surface area contributed by atoms with Gasteiger partial charge in [-0.1, -0.05) is 30.4 Å². The van der Waals surface area contributed by atoms with Crippen LogP contribution in [0.5, 0.6) is 5.75 Å². The number of thioether (sulfide) groups is 2. The van der Waals surface area contributed by atoms with E-state index in [9.17, 15) is 4.79 Å². The molecule has 0 atom stereocenters. The third-order valence-electron chi connectivity index (χ3n) is 5.66. The Hall–Kier alpha value is -2.34. The van der Waals surface area contributed by atoms with E-state index in [-0.39, 0.29) is 17.3 Å². The highest BCUT2D eigenvalue weighted by Crippen LogP contribution is 2.41. The number of methoxy groups -OCH3 is 1. The highest BCUT2D eigenvalue weighted by Gasteiger charge is 2.31. The number of benzene rings is 1. The Morgan fingerprint density at radius 2 is 2.03 bits per heavy atom. The molecule has 0 saturated heterocycles. The summed E-state index contributed by atoms with van der Waals surface area (Å²) >= 11 is 4.74. The zero-order valence-electron chi connectivity index (χ0n) is 20.1. The van der Waals surface area contributed by atoms with Gasteiger partial charge in [0, 0.05) is 22.7 Å². The first-order valence-corrected chi connectivity index (χ1v) is 14.2. The Balaban J connectivity index is 1.45. The van der Waals surface area contributed by atoms with E-state index in [0.717, 1.165) is 51.1 Å². The number of hydrogen-bond donors (Lipinski definition) is 1. The predicted molar refractivity (Wildman–Crippen MR) is 142 cm³/mol.